The highest BCUT2D eigenvalue weighted by atomic mass is 35.5. The first kappa shape index (κ1) is 15.7. The minimum absolute atomic E-state index is 0.0779. The van der Waals surface area contributed by atoms with Crippen LogP contribution in [0.5, 0.6) is 5.75 Å². The second kappa shape index (κ2) is 6.86. The highest BCUT2D eigenvalue weighted by Gasteiger charge is 2.19. The maximum absolute atomic E-state index is 12.1. The zero-order valence-corrected chi connectivity index (χ0v) is 12.1. The van der Waals surface area contributed by atoms with Crippen molar-refractivity contribution >= 4 is 23.4 Å². The van der Waals surface area contributed by atoms with E-state index in [-0.39, 0.29) is 18.0 Å². The predicted molar refractivity (Wildman–Crippen MR) is 79.2 cm³/mol. The predicted octanol–water partition coefficient (Wildman–Crippen LogP) is 1.18. The summed E-state index contributed by atoms with van der Waals surface area (Å²) in [7, 11) is 0. The van der Waals surface area contributed by atoms with Crippen molar-refractivity contribution in [1.82, 2.24) is 15.3 Å². The smallest absolute Gasteiger partial charge is 0.289 e. The van der Waals surface area contributed by atoms with Crippen molar-refractivity contribution in [2.45, 2.75) is 12.5 Å². The molecular formula is C14H13ClN4O3. The molecule has 8 heteroatoms. The summed E-state index contributed by atoms with van der Waals surface area (Å²) in [4.78, 5) is 30.7. The lowest BCUT2D eigenvalue weighted by Crippen LogP contribution is -2.32. The molecular weight excluding hydrogens is 308 g/mol. The molecule has 0 aliphatic carbocycles. The molecule has 1 aromatic carbocycles. The zero-order valence-electron chi connectivity index (χ0n) is 11.4. The number of benzene rings is 1. The van der Waals surface area contributed by atoms with Crippen LogP contribution in [0.15, 0.2) is 36.7 Å². The maximum Gasteiger partial charge on any atom is 0.289 e. The van der Waals surface area contributed by atoms with Crippen LogP contribution in [0.3, 0.4) is 0 Å². The monoisotopic (exact) mass is 320 g/mol. The number of carbonyl (C=O) groups is 2. The minimum Gasteiger partial charge on any atom is -0.505 e. The number of aromatic hydroxyl groups is 1. The van der Waals surface area contributed by atoms with Gasteiger partial charge in [0.1, 0.15) is 0 Å². The van der Waals surface area contributed by atoms with Crippen molar-refractivity contribution in [3.05, 3.63) is 53.1 Å². The fourth-order valence-corrected chi connectivity index (χ4v) is 1.94. The normalized spacial score (nSPS) is 11.7. The van der Waals surface area contributed by atoms with Crippen LogP contribution in [-0.4, -0.2) is 26.9 Å². The van der Waals surface area contributed by atoms with Crippen molar-refractivity contribution in [3.63, 3.8) is 0 Å². The van der Waals surface area contributed by atoms with Gasteiger partial charge in [0.25, 0.3) is 5.91 Å². The van der Waals surface area contributed by atoms with Gasteiger partial charge in [-0.15, -0.1) is 0 Å². The molecule has 0 unspecified atom stereocenters. The number of nitrogens with zero attached hydrogens (tertiary/aromatic N) is 2. The lowest BCUT2D eigenvalue weighted by Gasteiger charge is -2.17. The van der Waals surface area contributed by atoms with Crippen molar-refractivity contribution in [3.8, 4) is 5.75 Å². The van der Waals surface area contributed by atoms with Crippen LogP contribution in [0.25, 0.3) is 0 Å². The van der Waals surface area contributed by atoms with Crippen LogP contribution in [0.2, 0.25) is 5.02 Å². The molecule has 0 bridgehead atoms. The van der Waals surface area contributed by atoms with Gasteiger partial charge in [0.15, 0.2) is 5.75 Å². The third-order valence-corrected chi connectivity index (χ3v) is 3.08. The summed E-state index contributed by atoms with van der Waals surface area (Å²) in [5, 5.41) is 12.3. The highest BCUT2D eigenvalue weighted by Crippen LogP contribution is 2.19. The number of halogens is 1. The third-order valence-electron chi connectivity index (χ3n) is 2.82. The van der Waals surface area contributed by atoms with Crippen molar-refractivity contribution in [1.29, 1.82) is 0 Å². The van der Waals surface area contributed by atoms with Crippen LogP contribution in [0.1, 0.15) is 28.6 Å². The molecule has 0 aliphatic rings. The first-order valence-corrected chi connectivity index (χ1v) is 6.69. The number of aromatic nitrogens is 2. The van der Waals surface area contributed by atoms with Crippen LogP contribution < -0.4 is 11.1 Å². The SMILES string of the molecule is NC(=O)C[C@@H](NC(=O)c1ncc(O)cn1)c1ccc(Cl)cc1. The van der Waals surface area contributed by atoms with Gasteiger partial charge in [-0.05, 0) is 17.7 Å². The van der Waals surface area contributed by atoms with E-state index in [9.17, 15) is 9.59 Å². The number of rotatable bonds is 5. The Hall–Kier alpha value is -2.67. The molecule has 2 aromatic rings. The second-order valence-corrected chi connectivity index (χ2v) is 4.95. The van der Waals surface area contributed by atoms with Gasteiger partial charge in [-0.1, -0.05) is 23.7 Å². The summed E-state index contributed by atoms with van der Waals surface area (Å²) >= 11 is 5.82. The molecule has 114 valence electrons. The van der Waals surface area contributed by atoms with Gasteiger partial charge in [-0.3, -0.25) is 9.59 Å². The molecule has 22 heavy (non-hydrogen) atoms. The number of hydrogen-bond donors (Lipinski definition) is 3. The lowest BCUT2D eigenvalue weighted by atomic mass is 10.0. The molecule has 2 amide bonds. The topological polar surface area (TPSA) is 118 Å². The Balaban J connectivity index is 2.19. The average Bonchev–Trinajstić information content (AvgIpc) is 2.47. The Labute approximate surface area is 131 Å². The van der Waals surface area contributed by atoms with Gasteiger partial charge in [-0.2, -0.15) is 0 Å². The van der Waals surface area contributed by atoms with E-state index in [0.29, 0.717) is 10.6 Å². The molecule has 7 nitrogen and oxygen atoms in total. The van der Waals surface area contributed by atoms with E-state index >= 15 is 0 Å². The minimum atomic E-state index is -0.625. The fourth-order valence-electron chi connectivity index (χ4n) is 1.81. The van der Waals surface area contributed by atoms with Crippen LogP contribution >= 0.6 is 11.6 Å². The summed E-state index contributed by atoms with van der Waals surface area (Å²) < 4.78 is 0. The van der Waals surface area contributed by atoms with E-state index < -0.39 is 17.9 Å². The summed E-state index contributed by atoms with van der Waals surface area (Å²) in [5.74, 6) is -1.42. The molecule has 0 aliphatic heterocycles. The highest BCUT2D eigenvalue weighted by molar-refractivity contribution is 6.30. The van der Waals surface area contributed by atoms with Gasteiger partial charge >= 0.3 is 0 Å². The van der Waals surface area contributed by atoms with Crippen LogP contribution in [0.4, 0.5) is 0 Å². The summed E-state index contributed by atoms with van der Waals surface area (Å²) in [6.45, 7) is 0. The number of carbonyl (C=O) groups excluding carboxylic acids is 2. The largest absolute Gasteiger partial charge is 0.505 e. The molecule has 0 spiro atoms. The van der Waals surface area contributed by atoms with E-state index in [2.05, 4.69) is 15.3 Å². The van der Waals surface area contributed by atoms with Crippen molar-refractivity contribution in [2.75, 3.05) is 0 Å². The second-order valence-electron chi connectivity index (χ2n) is 4.51. The van der Waals surface area contributed by atoms with Crippen LogP contribution in [-0.2, 0) is 4.79 Å². The van der Waals surface area contributed by atoms with Gasteiger partial charge in [0, 0.05) is 5.02 Å². The van der Waals surface area contributed by atoms with E-state index in [1.807, 2.05) is 0 Å². The number of amides is 2. The third kappa shape index (κ3) is 4.16. The van der Waals surface area contributed by atoms with Crippen LogP contribution in [0, 0.1) is 0 Å². The molecule has 2 rings (SSSR count). The fraction of sp³-hybridized carbons (Fsp3) is 0.143. The van der Waals surface area contributed by atoms with Crippen molar-refractivity contribution < 1.29 is 14.7 Å². The Bertz CT molecular complexity index is 673. The molecule has 0 fully saturated rings. The van der Waals surface area contributed by atoms with Crippen molar-refractivity contribution in [2.24, 2.45) is 5.73 Å². The quantitative estimate of drug-likeness (QED) is 0.764. The van der Waals surface area contributed by atoms with E-state index in [1.165, 1.54) is 0 Å². The zero-order chi connectivity index (χ0) is 16.1. The Morgan fingerprint density at radius 3 is 2.36 bits per heavy atom. The summed E-state index contributed by atoms with van der Waals surface area (Å²) in [6, 6.07) is 6.05. The number of nitrogens with one attached hydrogen (secondary N) is 1. The molecule has 0 saturated heterocycles. The molecule has 1 aromatic heterocycles. The molecule has 1 atom stereocenters. The Morgan fingerprint density at radius 1 is 1.23 bits per heavy atom. The molecule has 0 radical (unpaired) electrons. The number of hydrogen-bond acceptors (Lipinski definition) is 5. The standard InChI is InChI=1S/C14H13ClN4O3/c15-9-3-1-8(2-4-9)11(5-12(16)21)19-14(22)13-17-6-10(20)7-18-13/h1-4,6-7,11,20H,5H2,(H2,16,21)(H,19,22)/t11-/m1/s1. The Morgan fingerprint density at radius 2 is 1.82 bits per heavy atom. The number of primary amides is 1. The summed E-state index contributed by atoms with van der Waals surface area (Å²) in [6.07, 6.45) is 2.13. The molecule has 1 heterocycles. The van der Waals surface area contributed by atoms with Gasteiger partial charge in [0.2, 0.25) is 11.7 Å². The molecule has 0 saturated carbocycles. The van der Waals surface area contributed by atoms with Gasteiger partial charge in [-0.25, -0.2) is 9.97 Å². The lowest BCUT2D eigenvalue weighted by molar-refractivity contribution is -0.118. The van der Waals surface area contributed by atoms with Gasteiger partial charge < -0.3 is 16.2 Å². The maximum atomic E-state index is 12.1. The average molecular weight is 321 g/mol. The van der Waals surface area contributed by atoms with E-state index in [4.69, 9.17) is 22.4 Å². The first-order chi connectivity index (χ1) is 10.5. The van der Waals surface area contributed by atoms with Gasteiger partial charge in [0.05, 0.1) is 24.9 Å². The summed E-state index contributed by atoms with van der Waals surface area (Å²) in [5.41, 5.74) is 5.89. The Kier molecular flexibility index (Phi) is 4.90. The molecule has 4 N–H and O–H groups in total. The number of nitrogens with two attached hydrogens (primary N) is 1. The van der Waals surface area contributed by atoms with E-state index in [0.717, 1.165) is 12.4 Å². The first-order valence-electron chi connectivity index (χ1n) is 6.31. The van der Waals surface area contributed by atoms with E-state index in [1.54, 1.807) is 24.3 Å².